The highest BCUT2D eigenvalue weighted by molar-refractivity contribution is 7.13. The van der Waals surface area contributed by atoms with Crippen LogP contribution in [0.25, 0.3) is 10.6 Å². The van der Waals surface area contributed by atoms with Crippen LogP contribution in [-0.4, -0.2) is 28.9 Å². The van der Waals surface area contributed by atoms with Crippen molar-refractivity contribution in [3.63, 3.8) is 0 Å². The second-order valence-electron chi connectivity index (χ2n) is 6.56. The Bertz CT molecular complexity index is 846. The number of benzene rings is 1. The van der Waals surface area contributed by atoms with Gasteiger partial charge in [0.1, 0.15) is 10.7 Å². The number of fused-ring (bicyclic) bond motifs is 1. The minimum atomic E-state index is 0.00516. The molecule has 130 valence electrons. The Morgan fingerprint density at radius 3 is 3.04 bits per heavy atom. The molecular formula is C19H18Cl2N2OS. The fourth-order valence-electron chi connectivity index (χ4n) is 3.64. The Hall–Kier alpha value is -1.36. The number of piperidine rings is 1. The highest BCUT2D eigenvalue weighted by Gasteiger charge is 2.29. The smallest absolute Gasteiger partial charge is 0.273 e. The first-order valence-electron chi connectivity index (χ1n) is 8.51. The van der Waals surface area contributed by atoms with Crippen LogP contribution in [0.4, 0.5) is 0 Å². The van der Waals surface area contributed by atoms with E-state index in [1.54, 1.807) is 6.07 Å². The van der Waals surface area contributed by atoms with Gasteiger partial charge in [-0.3, -0.25) is 4.79 Å². The molecule has 25 heavy (non-hydrogen) atoms. The molecule has 1 atom stereocenters. The number of likely N-dealkylation sites (tertiary alicyclic amines) is 1. The summed E-state index contributed by atoms with van der Waals surface area (Å²) in [5.74, 6) is 0.680. The highest BCUT2D eigenvalue weighted by Crippen LogP contribution is 2.36. The number of hydrogen-bond acceptors (Lipinski definition) is 3. The van der Waals surface area contributed by atoms with E-state index < -0.39 is 0 Å². The van der Waals surface area contributed by atoms with Crippen molar-refractivity contribution in [2.45, 2.75) is 25.7 Å². The van der Waals surface area contributed by atoms with E-state index in [9.17, 15) is 4.79 Å². The van der Waals surface area contributed by atoms with Crippen LogP contribution in [0.5, 0.6) is 0 Å². The zero-order valence-corrected chi connectivity index (χ0v) is 16.0. The molecule has 2 heterocycles. The number of nitrogens with zero attached hydrogens (tertiary/aromatic N) is 2. The van der Waals surface area contributed by atoms with Crippen LogP contribution in [0.2, 0.25) is 10.0 Å². The van der Waals surface area contributed by atoms with Crippen LogP contribution in [0.3, 0.4) is 0 Å². The minimum Gasteiger partial charge on any atom is -0.333 e. The molecule has 6 heteroatoms. The lowest BCUT2D eigenvalue weighted by molar-refractivity contribution is 0.0725. The third-order valence-corrected chi connectivity index (χ3v) is 6.70. The van der Waals surface area contributed by atoms with Crippen molar-refractivity contribution in [2.24, 2.45) is 5.92 Å². The number of thiazole rings is 1. The first-order valence-corrected chi connectivity index (χ1v) is 10.1. The number of carbonyl (C=O) groups is 1. The van der Waals surface area contributed by atoms with Crippen molar-refractivity contribution in [3.05, 3.63) is 51.0 Å². The zero-order chi connectivity index (χ0) is 17.4. The number of halogens is 2. The van der Waals surface area contributed by atoms with E-state index in [1.807, 2.05) is 22.4 Å². The summed E-state index contributed by atoms with van der Waals surface area (Å²) in [7, 11) is 0. The number of rotatable bonds is 2. The SMILES string of the molecule is O=C(c1csc(-c2cccc(Cl)c2Cl)n1)N1CCC2CCCC=C2C1. The van der Waals surface area contributed by atoms with E-state index in [4.69, 9.17) is 23.2 Å². The van der Waals surface area contributed by atoms with Crippen molar-refractivity contribution in [2.75, 3.05) is 13.1 Å². The fraction of sp³-hybridized carbons (Fsp3) is 0.368. The van der Waals surface area contributed by atoms with Gasteiger partial charge in [0.15, 0.2) is 0 Å². The van der Waals surface area contributed by atoms with Crippen LogP contribution < -0.4 is 0 Å². The molecule has 2 aliphatic rings. The lowest BCUT2D eigenvalue weighted by atomic mass is 9.82. The summed E-state index contributed by atoms with van der Waals surface area (Å²) in [5, 5.41) is 3.51. The molecule has 4 rings (SSSR count). The summed E-state index contributed by atoms with van der Waals surface area (Å²) < 4.78 is 0. The monoisotopic (exact) mass is 392 g/mol. The van der Waals surface area contributed by atoms with Crippen LogP contribution in [0, 0.1) is 5.92 Å². The summed E-state index contributed by atoms with van der Waals surface area (Å²) in [5.41, 5.74) is 2.69. The fourth-order valence-corrected chi connectivity index (χ4v) is 4.91. The van der Waals surface area contributed by atoms with Crippen molar-refractivity contribution >= 4 is 40.4 Å². The van der Waals surface area contributed by atoms with Crippen molar-refractivity contribution in [1.82, 2.24) is 9.88 Å². The summed E-state index contributed by atoms with van der Waals surface area (Å²) in [4.78, 5) is 19.3. The molecule has 0 bridgehead atoms. The molecule has 1 aromatic carbocycles. The van der Waals surface area contributed by atoms with E-state index in [-0.39, 0.29) is 5.91 Å². The average molecular weight is 393 g/mol. The van der Waals surface area contributed by atoms with Gasteiger partial charge in [-0.05, 0) is 37.7 Å². The summed E-state index contributed by atoms with van der Waals surface area (Å²) in [6.07, 6.45) is 7.07. The molecule has 1 saturated heterocycles. The molecule has 1 amide bonds. The summed E-state index contributed by atoms with van der Waals surface area (Å²) >= 11 is 13.8. The third kappa shape index (κ3) is 3.35. The normalized spacial score (nSPS) is 20.2. The molecule has 1 aliphatic carbocycles. The first-order chi connectivity index (χ1) is 12.1. The van der Waals surface area contributed by atoms with Crippen molar-refractivity contribution in [1.29, 1.82) is 0 Å². The van der Waals surface area contributed by atoms with E-state index in [2.05, 4.69) is 11.1 Å². The maximum Gasteiger partial charge on any atom is 0.273 e. The van der Waals surface area contributed by atoms with Gasteiger partial charge in [0.25, 0.3) is 5.91 Å². The number of hydrogen-bond donors (Lipinski definition) is 0. The molecule has 1 aromatic heterocycles. The quantitative estimate of drug-likeness (QED) is 0.614. The maximum absolute atomic E-state index is 12.9. The van der Waals surface area contributed by atoms with Gasteiger partial charge in [0, 0.05) is 24.0 Å². The maximum atomic E-state index is 12.9. The van der Waals surface area contributed by atoms with Gasteiger partial charge in [-0.1, -0.05) is 47.0 Å². The van der Waals surface area contributed by atoms with Gasteiger partial charge in [-0.15, -0.1) is 11.3 Å². The molecule has 0 saturated carbocycles. The minimum absolute atomic E-state index is 0.00516. The Morgan fingerprint density at radius 1 is 1.28 bits per heavy atom. The number of allylic oxidation sites excluding steroid dienone is 1. The van der Waals surface area contributed by atoms with Gasteiger partial charge in [-0.2, -0.15) is 0 Å². The van der Waals surface area contributed by atoms with Gasteiger partial charge in [-0.25, -0.2) is 4.98 Å². The predicted octanol–water partition coefficient (Wildman–Crippen LogP) is 5.69. The molecular weight excluding hydrogens is 375 g/mol. The molecule has 0 N–H and O–H groups in total. The van der Waals surface area contributed by atoms with Gasteiger partial charge < -0.3 is 4.90 Å². The topological polar surface area (TPSA) is 33.2 Å². The molecule has 1 fully saturated rings. The van der Waals surface area contributed by atoms with Crippen molar-refractivity contribution < 1.29 is 4.79 Å². The molecule has 1 aliphatic heterocycles. The lowest BCUT2D eigenvalue weighted by Gasteiger charge is -2.36. The predicted molar refractivity (Wildman–Crippen MR) is 104 cm³/mol. The van der Waals surface area contributed by atoms with Crippen LogP contribution >= 0.6 is 34.5 Å². The summed E-state index contributed by atoms with van der Waals surface area (Å²) in [6.45, 7) is 1.56. The van der Waals surface area contributed by atoms with Gasteiger partial charge in [0.05, 0.1) is 10.0 Å². The van der Waals surface area contributed by atoms with Crippen LogP contribution in [0.15, 0.2) is 35.2 Å². The van der Waals surface area contributed by atoms with Gasteiger partial charge in [0.2, 0.25) is 0 Å². The largest absolute Gasteiger partial charge is 0.333 e. The number of amides is 1. The van der Waals surface area contributed by atoms with E-state index in [1.165, 1.54) is 29.8 Å². The Labute approximate surface area is 161 Å². The molecule has 0 spiro atoms. The van der Waals surface area contributed by atoms with Gasteiger partial charge >= 0.3 is 0 Å². The second-order valence-corrected chi connectivity index (χ2v) is 8.20. The van der Waals surface area contributed by atoms with Crippen LogP contribution in [0.1, 0.15) is 36.2 Å². The number of carbonyl (C=O) groups excluding carboxylic acids is 1. The molecule has 0 radical (unpaired) electrons. The summed E-state index contributed by atoms with van der Waals surface area (Å²) in [6, 6.07) is 5.46. The standard InChI is InChI=1S/C19H18Cl2N2OS/c20-15-7-3-6-14(17(15)21)18-22-16(11-25-18)19(24)23-9-8-12-4-1-2-5-13(12)10-23/h3,5-7,11-12H,1-2,4,8-10H2. The Balaban J connectivity index is 1.55. The van der Waals surface area contributed by atoms with E-state index in [0.717, 1.165) is 36.5 Å². The highest BCUT2D eigenvalue weighted by atomic mass is 35.5. The average Bonchev–Trinajstić information content (AvgIpc) is 3.13. The third-order valence-electron chi connectivity index (χ3n) is 5.00. The van der Waals surface area contributed by atoms with E-state index in [0.29, 0.717) is 21.7 Å². The van der Waals surface area contributed by atoms with E-state index >= 15 is 0 Å². The Kier molecular flexibility index (Phi) is 4.85. The first kappa shape index (κ1) is 17.1. The Morgan fingerprint density at radius 2 is 2.16 bits per heavy atom. The lowest BCUT2D eigenvalue weighted by Crippen LogP contribution is -2.40. The molecule has 2 aromatic rings. The molecule has 1 unspecified atom stereocenters. The van der Waals surface area contributed by atoms with Crippen molar-refractivity contribution in [3.8, 4) is 10.6 Å². The number of aromatic nitrogens is 1. The second kappa shape index (κ2) is 7.10. The zero-order valence-electron chi connectivity index (χ0n) is 13.7. The molecule has 3 nitrogen and oxygen atoms in total. The van der Waals surface area contributed by atoms with Crippen LogP contribution in [-0.2, 0) is 0 Å².